The number of anilines is 1. The number of carbonyl (C=O) groups excluding carboxylic acids is 1. The van der Waals surface area contributed by atoms with Gasteiger partial charge < -0.3 is 15.7 Å². The van der Waals surface area contributed by atoms with Crippen molar-refractivity contribution in [1.82, 2.24) is 5.32 Å². The van der Waals surface area contributed by atoms with Gasteiger partial charge in [-0.05, 0) is 32.0 Å². The van der Waals surface area contributed by atoms with Gasteiger partial charge in [0.15, 0.2) is 0 Å². The van der Waals surface area contributed by atoms with Crippen LogP contribution in [0.4, 0.5) is 14.9 Å². The van der Waals surface area contributed by atoms with Gasteiger partial charge in [-0.3, -0.25) is 0 Å². The van der Waals surface area contributed by atoms with Crippen LogP contribution < -0.4 is 10.6 Å². The number of carboxylic acids is 1. The zero-order valence-corrected chi connectivity index (χ0v) is 10.7. The number of hydrogen-bond acceptors (Lipinski definition) is 2. The summed E-state index contributed by atoms with van der Waals surface area (Å²) in [6, 6.07) is 2.90. The highest BCUT2D eigenvalue weighted by atomic mass is 19.1. The topological polar surface area (TPSA) is 78.4 Å². The van der Waals surface area contributed by atoms with E-state index in [4.69, 9.17) is 5.11 Å². The van der Waals surface area contributed by atoms with Crippen LogP contribution >= 0.6 is 0 Å². The minimum absolute atomic E-state index is 0.192. The van der Waals surface area contributed by atoms with Crippen LogP contribution in [-0.4, -0.2) is 23.7 Å². The van der Waals surface area contributed by atoms with Gasteiger partial charge in [-0.2, -0.15) is 0 Å². The van der Waals surface area contributed by atoms with Crippen LogP contribution in [-0.2, 0) is 0 Å². The van der Waals surface area contributed by atoms with Crippen molar-refractivity contribution in [3.8, 4) is 0 Å². The van der Waals surface area contributed by atoms with Gasteiger partial charge in [0.25, 0.3) is 0 Å². The second kappa shape index (κ2) is 6.53. The molecule has 0 fully saturated rings. The lowest BCUT2D eigenvalue weighted by Gasteiger charge is -2.07. The SMILES string of the molecule is CC(C)=CCNC(=O)Nc1ccc(C(=O)O)c(F)c1. The lowest BCUT2D eigenvalue weighted by atomic mass is 10.2. The Kier molecular flexibility index (Phi) is 5.05. The van der Waals surface area contributed by atoms with Crippen LogP contribution in [0, 0.1) is 5.82 Å². The van der Waals surface area contributed by atoms with Crippen LogP contribution in [0.5, 0.6) is 0 Å². The number of hydrogen-bond donors (Lipinski definition) is 3. The van der Waals surface area contributed by atoms with Crippen LogP contribution in [0.3, 0.4) is 0 Å². The van der Waals surface area contributed by atoms with Crippen molar-refractivity contribution < 1.29 is 19.1 Å². The molecule has 19 heavy (non-hydrogen) atoms. The molecule has 1 aromatic rings. The summed E-state index contributed by atoms with van der Waals surface area (Å²) in [5, 5.41) is 13.6. The fourth-order valence-corrected chi connectivity index (χ4v) is 1.29. The van der Waals surface area contributed by atoms with Gasteiger partial charge >= 0.3 is 12.0 Å². The minimum atomic E-state index is -1.35. The molecule has 102 valence electrons. The molecule has 6 heteroatoms. The number of carboxylic acid groups (broad SMARTS) is 1. The summed E-state index contributed by atoms with van der Waals surface area (Å²) in [5.41, 5.74) is 0.824. The number of urea groups is 1. The third-order valence-corrected chi connectivity index (χ3v) is 2.23. The van der Waals surface area contributed by atoms with E-state index in [2.05, 4.69) is 10.6 Å². The first kappa shape index (κ1) is 14.7. The molecule has 0 heterocycles. The molecular formula is C13H15FN2O3. The summed E-state index contributed by atoms with van der Waals surface area (Å²) in [7, 11) is 0. The second-order valence-electron chi connectivity index (χ2n) is 4.12. The number of benzene rings is 1. The average Bonchev–Trinajstić information content (AvgIpc) is 2.27. The Hall–Kier alpha value is -2.37. The molecule has 1 aromatic carbocycles. The lowest BCUT2D eigenvalue weighted by Crippen LogP contribution is -2.28. The van der Waals surface area contributed by atoms with E-state index in [1.54, 1.807) is 0 Å². The van der Waals surface area contributed by atoms with E-state index in [0.717, 1.165) is 17.7 Å². The molecule has 0 aromatic heterocycles. The van der Waals surface area contributed by atoms with E-state index < -0.39 is 23.4 Å². The van der Waals surface area contributed by atoms with Gasteiger partial charge in [0.2, 0.25) is 0 Å². The monoisotopic (exact) mass is 266 g/mol. The van der Waals surface area contributed by atoms with E-state index >= 15 is 0 Å². The maximum absolute atomic E-state index is 13.3. The first-order valence-corrected chi connectivity index (χ1v) is 5.61. The number of carbonyl (C=O) groups is 2. The lowest BCUT2D eigenvalue weighted by molar-refractivity contribution is 0.0692. The highest BCUT2D eigenvalue weighted by molar-refractivity contribution is 5.91. The summed E-state index contributed by atoms with van der Waals surface area (Å²) < 4.78 is 13.3. The third kappa shape index (κ3) is 4.79. The fraction of sp³-hybridized carbons (Fsp3) is 0.231. The molecule has 5 nitrogen and oxygen atoms in total. The van der Waals surface area contributed by atoms with Gasteiger partial charge in [-0.15, -0.1) is 0 Å². The fourth-order valence-electron chi connectivity index (χ4n) is 1.29. The van der Waals surface area contributed by atoms with Gasteiger partial charge in [-0.25, -0.2) is 14.0 Å². The van der Waals surface area contributed by atoms with Crippen molar-refractivity contribution in [2.45, 2.75) is 13.8 Å². The maximum Gasteiger partial charge on any atom is 0.338 e. The molecule has 2 amide bonds. The molecule has 3 N–H and O–H groups in total. The summed E-state index contributed by atoms with van der Waals surface area (Å²) in [5.74, 6) is -2.24. The summed E-state index contributed by atoms with van der Waals surface area (Å²) in [6.45, 7) is 4.17. The predicted molar refractivity (Wildman–Crippen MR) is 69.8 cm³/mol. The molecular weight excluding hydrogens is 251 g/mol. The second-order valence-corrected chi connectivity index (χ2v) is 4.12. The van der Waals surface area contributed by atoms with Crippen LogP contribution in [0.15, 0.2) is 29.8 Å². The van der Waals surface area contributed by atoms with E-state index in [1.165, 1.54) is 6.07 Å². The normalized spacial score (nSPS) is 9.63. The quantitative estimate of drug-likeness (QED) is 0.733. The van der Waals surface area contributed by atoms with Crippen LogP contribution in [0.1, 0.15) is 24.2 Å². The molecule has 0 aliphatic heterocycles. The average molecular weight is 266 g/mol. The zero-order chi connectivity index (χ0) is 14.4. The molecule has 0 atom stereocenters. The standard InChI is InChI=1S/C13H15FN2O3/c1-8(2)5-6-15-13(19)16-9-3-4-10(12(17)18)11(14)7-9/h3-5,7H,6H2,1-2H3,(H,17,18)(H2,15,16,19). The molecule has 0 aliphatic carbocycles. The molecule has 0 saturated carbocycles. The highest BCUT2D eigenvalue weighted by Gasteiger charge is 2.11. The van der Waals surface area contributed by atoms with Crippen molar-refractivity contribution in [2.75, 3.05) is 11.9 Å². The summed E-state index contributed by atoms with van der Waals surface area (Å²) >= 11 is 0. The number of nitrogens with one attached hydrogen (secondary N) is 2. The van der Waals surface area contributed by atoms with E-state index in [-0.39, 0.29) is 5.69 Å². The Bertz CT molecular complexity index is 523. The molecule has 0 radical (unpaired) electrons. The largest absolute Gasteiger partial charge is 0.478 e. The van der Waals surface area contributed by atoms with E-state index in [0.29, 0.717) is 6.54 Å². The highest BCUT2D eigenvalue weighted by Crippen LogP contribution is 2.14. The Morgan fingerprint density at radius 2 is 2.05 bits per heavy atom. The van der Waals surface area contributed by atoms with Crippen LogP contribution in [0.2, 0.25) is 0 Å². The number of allylic oxidation sites excluding steroid dienone is 1. The van der Waals surface area contributed by atoms with Gasteiger partial charge in [-0.1, -0.05) is 11.6 Å². The Balaban J connectivity index is 2.63. The number of halogens is 1. The smallest absolute Gasteiger partial charge is 0.338 e. The third-order valence-electron chi connectivity index (χ3n) is 2.23. The predicted octanol–water partition coefficient (Wildman–Crippen LogP) is 2.61. The van der Waals surface area contributed by atoms with Crippen molar-refractivity contribution >= 4 is 17.7 Å². The zero-order valence-electron chi connectivity index (χ0n) is 10.7. The van der Waals surface area contributed by atoms with Crippen molar-refractivity contribution in [2.24, 2.45) is 0 Å². The first-order chi connectivity index (χ1) is 8.90. The molecule has 1 rings (SSSR count). The Morgan fingerprint density at radius 3 is 2.58 bits per heavy atom. The van der Waals surface area contributed by atoms with E-state index in [9.17, 15) is 14.0 Å². The first-order valence-electron chi connectivity index (χ1n) is 5.61. The Morgan fingerprint density at radius 1 is 1.37 bits per heavy atom. The Labute approximate surface area is 110 Å². The molecule has 0 bridgehead atoms. The molecule has 0 aliphatic rings. The molecule has 0 saturated heterocycles. The number of rotatable bonds is 4. The number of amides is 2. The van der Waals surface area contributed by atoms with E-state index in [1.807, 2.05) is 19.9 Å². The summed E-state index contributed by atoms with van der Waals surface area (Å²) in [4.78, 5) is 22.0. The molecule has 0 unspecified atom stereocenters. The van der Waals surface area contributed by atoms with Crippen molar-refractivity contribution in [3.63, 3.8) is 0 Å². The van der Waals surface area contributed by atoms with Gasteiger partial charge in [0, 0.05) is 12.2 Å². The van der Waals surface area contributed by atoms with Gasteiger partial charge in [0.1, 0.15) is 5.82 Å². The maximum atomic E-state index is 13.3. The molecule has 0 spiro atoms. The van der Waals surface area contributed by atoms with Crippen molar-refractivity contribution in [1.29, 1.82) is 0 Å². The van der Waals surface area contributed by atoms with Gasteiger partial charge in [0.05, 0.1) is 5.56 Å². The number of aromatic carboxylic acids is 1. The van der Waals surface area contributed by atoms with Crippen LogP contribution in [0.25, 0.3) is 0 Å². The minimum Gasteiger partial charge on any atom is -0.478 e. The summed E-state index contributed by atoms with van der Waals surface area (Å²) in [6.07, 6.45) is 1.83. The van der Waals surface area contributed by atoms with Crippen molar-refractivity contribution in [3.05, 3.63) is 41.2 Å².